The Morgan fingerprint density at radius 3 is 2.60 bits per heavy atom. The summed E-state index contributed by atoms with van der Waals surface area (Å²) in [6, 6.07) is 7.29. The number of nitrogens with one attached hydrogen (secondary N) is 1. The summed E-state index contributed by atoms with van der Waals surface area (Å²) >= 11 is 0. The highest BCUT2D eigenvalue weighted by Gasteiger charge is 2.08. The summed E-state index contributed by atoms with van der Waals surface area (Å²) < 4.78 is 30.4. The molecular weight excluding hydrogens is 278 g/mol. The molecule has 0 spiro atoms. The van der Waals surface area contributed by atoms with Gasteiger partial charge in [-0.25, -0.2) is 13.1 Å². The van der Waals surface area contributed by atoms with Gasteiger partial charge < -0.3 is 9.84 Å². The third-order valence-corrected chi connectivity index (χ3v) is 3.76. The Bertz CT molecular complexity index is 555. The van der Waals surface area contributed by atoms with Crippen molar-refractivity contribution in [3.63, 3.8) is 0 Å². The van der Waals surface area contributed by atoms with E-state index < -0.39 is 10.0 Å². The van der Waals surface area contributed by atoms with E-state index in [1.54, 1.807) is 0 Å². The molecule has 0 amide bonds. The van der Waals surface area contributed by atoms with Crippen LogP contribution in [-0.2, 0) is 21.3 Å². The van der Waals surface area contributed by atoms with Gasteiger partial charge in [0.1, 0.15) is 0 Å². The van der Waals surface area contributed by atoms with Gasteiger partial charge in [0.05, 0.1) is 19.0 Å². The van der Waals surface area contributed by atoms with Crippen molar-refractivity contribution in [3.8, 4) is 11.8 Å². The fraction of sp³-hybridized carbons (Fsp3) is 0.429. The normalized spacial score (nSPS) is 10.9. The molecule has 1 rings (SSSR count). The lowest BCUT2D eigenvalue weighted by molar-refractivity contribution is 0.217. The maximum Gasteiger partial charge on any atom is 0.214 e. The number of methoxy groups -OCH3 is 1. The molecule has 0 heterocycles. The molecule has 20 heavy (non-hydrogen) atoms. The molecule has 6 heteroatoms. The molecule has 0 bridgehead atoms. The summed E-state index contributed by atoms with van der Waals surface area (Å²) in [6.07, 6.45) is 0.445. The smallest absolute Gasteiger partial charge is 0.214 e. The molecule has 0 aliphatic heterocycles. The molecule has 0 radical (unpaired) electrons. The van der Waals surface area contributed by atoms with Crippen LogP contribution in [0.4, 0.5) is 0 Å². The van der Waals surface area contributed by atoms with Gasteiger partial charge in [-0.1, -0.05) is 24.0 Å². The molecule has 1 aromatic rings. The van der Waals surface area contributed by atoms with E-state index >= 15 is 0 Å². The van der Waals surface area contributed by atoms with E-state index in [-0.39, 0.29) is 25.5 Å². The van der Waals surface area contributed by atoms with Gasteiger partial charge in [-0.3, -0.25) is 0 Å². The first-order valence-corrected chi connectivity index (χ1v) is 7.87. The number of rotatable bonds is 7. The minimum atomic E-state index is -3.30. The van der Waals surface area contributed by atoms with Gasteiger partial charge in [-0.15, -0.1) is 0 Å². The Morgan fingerprint density at radius 1 is 1.30 bits per heavy atom. The standard InChI is InChI=1S/C14H19NO4S/c1-19-10-11-20(17,18)15-12-14-7-5-13(6-8-14)4-2-3-9-16/h5-8,15-16H,3,9-12H2,1H3. The van der Waals surface area contributed by atoms with Gasteiger partial charge in [0.2, 0.25) is 10.0 Å². The van der Waals surface area contributed by atoms with Crippen LogP contribution >= 0.6 is 0 Å². The van der Waals surface area contributed by atoms with Crippen molar-refractivity contribution in [2.24, 2.45) is 0 Å². The first-order chi connectivity index (χ1) is 9.57. The van der Waals surface area contributed by atoms with Crippen molar-refractivity contribution in [1.82, 2.24) is 4.72 Å². The van der Waals surface area contributed by atoms with E-state index in [4.69, 9.17) is 9.84 Å². The Kier molecular flexibility index (Phi) is 7.26. The van der Waals surface area contributed by atoms with E-state index in [2.05, 4.69) is 16.6 Å². The maximum atomic E-state index is 11.6. The third kappa shape index (κ3) is 6.68. The Labute approximate surface area is 120 Å². The van der Waals surface area contributed by atoms with Crippen LogP contribution in [-0.4, -0.2) is 39.6 Å². The maximum absolute atomic E-state index is 11.6. The second-order valence-corrected chi connectivity index (χ2v) is 6.03. The average molecular weight is 297 g/mol. The quantitative estimate of drug-likeness (QED) is 0.718. The van der Waals surface area contributed by atoms with Crippen LogP contribution in [0.15, 0.2) is 24.3 Å². The molecule has 0 aliphatic carbocycles. The van der Waals surface area contributed by atoms with E-state index in [1.807, 2.05) is 24.3 Å². The number of sulfonamides is 1. The molecule has 2 N–H and O–H groups in total. The zero-order valence-corrected chi connectivity index (χ0v) is 12.2. The number of aliphatic hydroxyl groups excluding tert-OH is 1. The van der Waals surface area contributed by atoms with E-state index in [0.717, 1.165) is 11.1 Å². The molecule has 0 atom stereocenters. The van der Waals surface area contributed by atoms with Crippen molar-refractivity contribution < 1.29 is 18.3 Å². The van der Waals surface area contributed by atoms with E-state index in [1.165, 1.54) is 7.11 Å². The molecule has 0 fully saturated rings. The van der Waals surface area contributed by atoms with Crippen molar-refractivity contribution in [3.05, 3.63) is 35.4 Å². The topological polar surface area (TPSA) is 75.6 Å². The van der Waals surface area contributed by atoms with Crippen molar-refractivity contribution >= 4 is 10.0 Å². The Hall–Kier alpha value is -1.39. The third-order valence-electron chi connectivity index (χ3n) is 2.48. The predicted molar refractivity (Wildman–Crippen MR) is 77.5 cm³/mol. The fourth-order valence-corrected chi connectivity index (χ4v) is 2.30. The lowest BCUT2D eigenvalue weighted by atomic mass is 10.1. The second kappa shape index (κ2) is 8.72. The summed E-state index contributed by atoms with van der Waals surface area (Å²) in [5.41, 5.74) is 1.70. The van der Waals surface area contributed by atoms with Crippen LogP contribution in [0.25, 0.3) is 0 Å². The number of benzene rings is 1. The first kappa shape index (κ1) is 16.7. The Morgan fingerprint density at radius 2 is 2.00 bits per heavy atom. The van der Waals surface area contributed by atoms with Crippen LogP contribution in [0, 0.1) is 11.8 Å². The highest BCUT2D eigenvalue weighted by Crippen LogP contribution is 2.04. The molecule has 0 saturated carbocycles. The summed E-state index contributed by atoms with van der Waals surface area (Å²) in [4.78, 5) is 0. The van der Waals surface area contributed by atoms with Crippen LogP contribution in [0.3, 0.4) is 0 Å². The minimum Gasteiger partial charge on any atom is -0.395 e. The van der Waals surface area contributed by atoms with Gasteiger partial charge in [0.25, 0.3) is 0 Å². The zero-order chi connectivity index (χ0) is 14.8. The Balaban J connectivity index is 2.52. The highest BCUT2D eigenvalue weighted by atomic mass is 32.2. The van der Waals surface area contributed by atoms with Crippen LogP contribution in [0.1, 0.15) is 17.5 Å². The molecule has 0 unspecified atom stereocenters. The molecule has 110 valence electrons. The summed E-state index contributed by atoms with van der Waals surface area (Å²) in [5, 5.41) is 8.62. The predicted octanol–water partition coefficient (Wildman–Crippen LogP) is 0.486. The SMILES string of the molecule is COCCS(=O)(=O)NCc1ccc(C#CCCO)cc1. The lowest BCUT2D eigenvalue weighted by Crippen LogP contribution is -2.27. The molecular formula is C14H19NO4S. The summed E-state index contributed by atoms with van der Waals surface area (Å²) in [6.45, 7) is 0.472. The van der Waals surface area contributed by atoms with Crippen LogP contribution in [0.2, 0.25) is 0 Å². The highest BCUT2D eigenvalue weighted by molar-refractivity contribution is 7.89. The monoisotopic (exact) mass is 297 g/mol. The summed E-state index contributed by atoms with van der Waals surface area (Å²) in [5.74, 6) is 5.69. The van der Waals surface area contributed by atoms with Crippen molar-refractivity contribution in [1.29, 1.82) is 0 Å². The van der Waals surface area contributed by atoms with Gasteiger partial charge in [0, 0.05) is 25.6 Å². The van der Waals surface area contributed by atoms with Gasteiger partial charge >= 0.3 is 0 Å². The molecule has 0 aliphatic rings. The van der Waals surface area contributed by atoms with Gasteiger partial charge in [0.15, 0.2) is 0 Å². The molecule has 1 aromatic carbocycles. The minimum absolute atomic E-state index is 0.0474. The van der Waals surface area contributed by atoms with Crippen LogP contribution < -0.4 is 4.72 Å². The summed E-state index contributed by atoms with van der Waals surface area (Å²) in [7, 11) is -1.84. The average Bonchev–Trinajstić information content (AvgIpc) is 2.45. The number of hydrogen-bond acceptors (Lipinski definition) is 4. The number of ether oxygens (including phenoxy) is 1. The van der Waals surface area contributed by atoms with Gasteiger partial charge in [-0.2, -0.15) is 0 Å². The van der Waals surface area contributed by atoms with Crippen molar-refractivity contribution in [2.75, 3.05) is 26.1 Å². The van der Waals surface area contributed by atoms with E-state index in [9.17, 15) is 8.42 Å². The molecule has 5 nitrogen and oxygen atoms in total. The van der Waals surface area contributed by atoms with Gasteiger partial charge in [-0.05, 0) is 17.7 Å². The largest absolute Gasteiger partial charge is 0.395 e. The first-order valence-electron chi connectivity index (χ1n) is 6.22. The van der Waals surface area contributed by atoms with Crippen LogP contribution in [0.5, 0.6) is 0 Å². The van der Waals surface area contributed by atoms with Crippen molar-refractivity contribution in [2.45, 2.75) is 13.0 Å². The fourth-order valence-electron chi connectivity index (χ4n) is 1.38. The number of hydrogen-bond donors (Lipinski definition) is 2. The lowest BCUT2D eigenvalue weighted by Gasteiger charge is -2.06. The molecule has 0 saturated heterocycles. The zero-order valence-electron chi connectivity index (χ0n) is 11.4. The van der Waals surface area contributed by atoms with E-state index in [0.29, 0.717) is 6.42 Å². The second-order valence-electron chi connectivity index (χ2n) is 4.11. The number of aliphatic hydroxyl groups is 1. The molecule has 0 aromatic heterocycles.